The molecular weight excluding hydrogens is 137 g/mol. The van der Waals surface area contributed by atoms with Gasteiger partial charge in [-0.05, 0) is 0 Å². The van der Waals surface area contributed by atoms with Crippen molar-refractivity contribution in [2.75, 3.05) is 0 Å². The normalized spacial score (nSPS) is 23.8. The molecule has 0 spiro atoms. The minimum absolute atomic E-state index is 0.871. The first-order valence-corrected chi connectivity index (χ1v) is 5.63. The van der Waals surface area contributed by atoms with Crippen LogP contribution < -0.4 is 0 Å². The predicted octanol–water partition coefficient (Wildman–Crippen LogP) is -1.41. The van der Waals surface area contributed by atoms with Crippen molar-refractivity contribution >= 4 is 42.6 Å². The zero-order valence-electron chi connectivity index (χ0n) is 9.14. The summed E-state index contributed by atoms with van der Waals surface area (Å²) < 4.78 is 0. The van der Waals surface area contributed by atoms with E-state index >= 15 is 0 Å². The van der Waals surface area contributed by atoms with Gasteiger partial charge in [-0.25, -0.2) is 0 Å². The Morgan fingerprint density at radius 1 is 1.25 bits per heavy atom. The van der Waals surface area contributed by atoms with E-state index < -0.39 is 0 Å². The number of rotatable bonds is 2. The Hall–Kier alpha value is 0.390. The van der Waals surface area contributed by atoms with Gasteiger partial charge in [0.15, 0.2) is 0 Å². The van der Waals surface area contributed by atoms with Crippen molar-refractivity contribution in [2.24, 2.45) is 0 Å². The summed E-state index contributed by atoms with van der Waals surface area (Å²) in [5.41, 5.74) is 0. The highest BCUT2D eigenvalue weighted by Crippen LogP contribution is 2.29. The van der Waals surface area contributed by atoms with Crippen molar-refractivity contribution in [3.63, 3.8) is 0 Å². The third kappa shape index (κ3) is 2.44. The van der Waals surface area contributed by atoms with Crippen molar-refractivity contribution in [2.45, 2.75) is 38.3 Å². The molecule has 0 unspecified atom stereocenters. The van der Waals surface area contributed by atoms with E-state index in [9.17, 15) is 0 Å². The Morgan fingerprint density at radius 2 is 1.92 bits per heavy atom. The lowest BCUT2D eigenvalue weighted by atomic mass is 8.72. The van der Waals surface area contributed by atoms with Gasteiger partial charge in [0.2, 0.25) is 0 Å². The molecule has 1 rings (SSSR count). The summed E-state index contributed by atoms with van der Waals surface area (Å²) in [6.07, 6.45) is 7.72. The molecule has 1 heterocycles. The highest BCUT2D eigenvalue weighted by atomic mass is 14.0. The van der Waals surface area contributed by atoms with Crippen LogP contribution in [0.15, 0.2) is 0 Å². The third-order valence-electron chi connectivity index (χ3n) is 3.90. The monoisotopic (exact) mass is 156 g/mol. The lowest BCUT2D eigenvalue weighted by Gasteiger charge is -2.31. The van der Waals surface area contributed by atoms with Crippen LogP contribution in [0, 0.1) is 0 Å². The first-order valence-electron chi connectivity index (χ1n) is 5.63. The van der Waals surface area contributed by atoms with Crippen LogP contribution in [0.2, 0.25) is 12.1 Å². The molecule has 0 nitrogen and oxygen atoms in total. The molecule has 12 heavy (non-hydrogen) atoms. The highest BCUT2D eigenvalue weighted by Gasteiger charge is 2.32. The summed E-state index contributed by atoms with van der Waals surface area (Å²) in [5, 5.41) is 0. The van der Waals surface area contributed by atoms with E-state index in [2.05, 4.69) is 30.1 Å². The Morgan fingerprint density at radius 3 is 2.42 bits per heavy atom. The van der Waals surface area contributed by atoms with Crippen LogP contribution in [0.25, 0.3) is 0 Å². The molecule has 1 atom stereocenters. The van der Waals surface area contributed by atoms with Crippen LogP contribution in [0.3, 0.4) is 0 Å². The van der Waals surface area contributed by atoms with E-state index in [-0.39, 0.29) is 0 Å². The number of hydrogen-bond donors (Lipinski definition) is 0. The van der Waals surface area contributed by atoms with Crippen LogP contribution in [-0.4, -0.2) is 42.6 Å². The molecule has 0 aromatic carbocycles. The minimum atomic E-state index is 0.871. The summed E-state index contributed by atoms with van der Waals surface area (Å²) >= 11 is 0. The van der Waals surface area contributed by atoms with Gasteiger partial charge in [0, 0.05) is 12.8 Å². The zero-order chi connectivity index (χ0) is 9.14. The van der Waals surface area contributed by atoms with Gasteiger partial charge in [0.1, 0.15) is 0 Å². The summed E-state index contributed by atoms with van der Waals surface area (Å²) in [6.45, 7) is 3.46. The largest absolute Gasteiger partial charge is 0.0947 e. The SMILES string of the molecule is BB(B)B(B)B1CCCC[C@@H]1C. The second-order valence-corrected chi connectivity index (χ2v) is 5.03. The molecule has 60 valence electrons. The molecule has 1 aliphatic heterocycles. The maximum atomic E-state index is 2.45. The van der Waals surface area contributed by atoms with Crippen molar-refractivity contribution < 1.29 is 0 Å². The molecule has 0 aromatic heterocycles. The second-order valence-electron chi connectivity index (χ2n) is 5.03. The van der Waals surface area contributed by atoms with Gasteiger partial charge in [-0.3, -0.25) is 0 Å². The molecule has 1 saturated heterocycles. The first-order chi connectivity index (χ1) is 5.63. The van der Waals surface area contributed by atoms with E-state index in [0.717, 1.165) is 25.2 Å². The predicted molar refractivity (Wildman–Crippen MR) is 71.0 cm³/mol. The molecular formula is C6H18B6. The Labute approximate surface area is 81.4 Å². The molecule has 1 fully saturated rings. The standard InChI is InChI=1S/C6H18B6/c1-6-4-2-3-5-10(6)12(9)11(7)8/h6H,2-5,7-9H2,1H3/t6-/m0/s1. The number of hydrogen-bond acceptors (Lipinski definition) is 0. The van der Waals surface area contributed by atoms with Crippen LogP contribution in [0.1, 0.15) is 26.2 Å². The van der Waals surface area contributed by atoms with Crippen molar-refractivity contribution in [1.29, 1.82) is 0 Å². The Bertz CT molecular complexity index is 138. The molecule has 1 aliphatic rings. The molecule has 0 amide bonds. The lowest BCUT2D eigenvalue weighted by Crippen LogP contribution is -2.53. The third-order valence-corrected chi connectivity index (χ3v) is 3.90. The van der Waals surface area contributed by atoms with Crippen LogP contribution in [-0.2, 0) is 0 Å². The fourth-order valence-corrected chi connectivity index (χ4v) is 2.62. The summed E-state index contributed by atoms with van der Waals surface area (Å²) in [6, 6.07) is 0. The molecule has 0 aliphatic carbocycles. The van der Waals surface area contributed by atoms with E-state index in [1.165, 1.54) is 25.6 Å². The highest BCUT2D eigenvalue weighted by molar-refractivity contribution is 7.80. The van der Waals surface area contributed by atoms with Gasteiger partial charge in [0.05, 0.1) is 29.8 Å². The van der Waals surface area contributed by atoms with Crippen LogP contribution in [0.4, 0.5) is 0 Å². The second kappa shape index (κ2) is 4.58. The maximum absolute atomic E-state index is 2.45. The fourth-order valence-electron chi connectivity index (χ4n) is 2.62. The summed E-state index contributed by atoms with van der Waals surface area (Å²) in [7, 11) is 7.18. The van der Waals surface area contributed by atoms with Gasteiger partial charge in [-0.2, -0.15) is 0 Å². The van der Waals surface area contributed by atoms with E-state index in [1.807, 2.05) is 0 Å². The topological polar surface area (TPSA) is 0 Å². The molecule has 0 aromatic rings. The van der Waals surface area contributed by atoms with Crippen LogP contribution in [0.5, 0.6) is 0 Å². The quantitative estimate of drug-likeness (QED) is 0.430. The maximum Gasteiger partial charge on any atom is 0.0947 e. The molecule has 0 saturated carbocycles. The van der Waals surface area contributed by atoms with E-state index in [0.29, 0.717) is 0 Å². The lowest BCUT2D eigenvalue weighted by molar-refractivity contribution is 0.654. The summed E-state index contributed by atoms with van der Waals surface area (Å²) in [4.78, 5) is 0. The zero-order valence-corrected chi connectivity index (χ0v) is 9.14. The average Bonchev–Trinajstić information content (AvgIpc) is 2.04. The van der Waals surface area contributed by atoms with Gasteiger partial charge in [0.25, 0.3) is 0 Å². The van der Waals surface area contributed by atoms with Crippen molar-refractivity contribution in [3.05, 3.63) is 0 Å². The van der Waals surface area contributed by atoms with Gasteiger partial charge in [-0.1, -0.05) is 38.3 Å². The average molecular weight is 155 g/mol. The smallest absolute Gasteiger partial charge is 0.0815 e. The van der Waals surface area contributed by atoms with Gasteiger partial charge < -0.3 is 0 Å². The van der Waals surface area contributed by atoms with Crippen LogP contribution >= 0.6 is 0 Å². The molecule has 0 bridgehead atoms. The molecule has 6 heteroatoms. The Kier molecular flexibility index (Phi) is 3.99. The Balaban J connectivity index is 2.47. The van der Waals surface area contributed by atoms with E-state index in [4.69, 9.17) is 0 Å². The molecule has 0 N–H and O–H groups in total. The van der Waals surface area contributed by atoms with E-state index in [1.54, 1.807) is 0 Å². The fraction of sp³-hybridized carbons (Fsp3) is 1.00. The van der Waals surface area contributed by atoms with Gasteiger partial charge in [-0.15, -0.1) is 0 Å². The molecule has 0 radical (unpaired) electrons. The summed E-state index contributed by atoms with van der Waals surface area (Å²) in [5.74, 6) is 0.983. The van der Waals surface area contributed by atoms with Crippen molar-refractivity contribution in [3.8, 4) is 0 Å². The van der Waals surface area contributed by atoms with Crippen molar-refractivity contribution in [1.82, 2.24) is 0 Å². The van der Waals surface area contributed by atoms with Gasteiger partial charge >= 0.3 is 0 Å². The first kappa shape index (κ1) is 10.5. The minimum Gasteiger partial charge on any atom is -0.0815 e.